The lowest BCUT2D eigenvalue weighted by Gasteiger charge is -1.71. The fraction of sp³-hybridized carbons (Fsp3) is 0. The molecular formula is C5HI2NS2. The predicted octanol–water partition coefficient (Wildman–Crippen LogP) is 3.57. The van der Waals surface area contributed by atoms with Crippen LogP contribution in [-0.4, -0.2) is 4.98 Å². The van der Waals surface area contributed by atoms with E-state index in [4.69, 9.17) is 0 Å². The molecule has 0 N–H and O–H groups in total. The summed E-state index contributed by atoms with van der Waals surface area (Å²) in [4.78, 5) is 5.53. The number of thiophene rings is 1. The monoisotopic (exact) mass is 393 g/mol. The van der Waals surface area contributed by atoms with Crippen LogP contribution in [0.1, 0.15) is 0 Å². The first-order valence-electron chi connectivity index (χ1n) is 2.47. The first-order chi connectivity index (χ1) is 4.75. The van der Waals surface area contributed by atoms with Crippen LogP contribution in [0, 0.1) is 5.90 Å². The van der Waals surface area contributed by atoms with E-state index >= 15 is 0 Å². The first kappa shape index (κ1) is 7.69. The Bertz CT molecular complexity index is 301. The molecule has 0 amide bonds. The van der Waals surface area contributed by atoms with Crippen molar-refractivity contribution >= 4 is 77.4 Å². The predicted molar refractivity (Wildman–Crippen MR) is 62.9 cm³/mol. The molecule has 52 valence electrons. The van der Waals surface area contributed by atoms with Gasteiger partial charge < -0.3 is 0 Å². The highest BCUT2D eigenvalue weighted by Gasteiger charge is 2.03. The van der Waals surface area contributed by atoms with Crippen molar-refractivity contribution < 1.29 is 0 Å². The van der Waals surface area contributed by atoms with Gasteiger partial charge in [0.2, 0.25) is 0 Å². The van der Waals surface area contributed by atoms with Crippen LogP contribution < -0.4 is 0 Å². The summed E-state index contributed by atoms with van der Waals surface area (Å²) in [5.74, 6) is 0. The molecule has 0 aromatic carbocycles. The molecule has 0 aliphatic carbocycles. The molecule has 0 bridgehead atoms. The highest BCUT2D eigenvalue weighted by atomic mass is 127. The second-order valence-electron chi connectivity index (χ2n) is 1.69. The lowest BCUT2D eigenvalue weighted by molar-refractivity contribution is 1.48. The molecule has 0 fully saturated rings. The molecule has 1 nitrogen and oxygen atoms in total. The summed E-state index contributed by atoms with van der Waals surface area (Å²) in [6, 6.07) is 2.18. The van der Waals surface area contributed by atoms with Crippen molar-refractivity contribution in [1.29, 1.82) is 0 Å². The van der Waals surface area contributed by atoms with Gasteiger partial charge in [0.15, 0.2) is 3.01 Å². The third kappa shape index (κ3) is 1.32. The van der Waals surface area contributed by atoms with E-state index in [-0.39, 0.29) is 0 Å². The van der Waals surface area contributed by atoms with Crippen molar-refractivity contribution in [2.75, 3.05) is 0 Å². The van der Waals surface area contributed by atoms with Gasteiger partial charge in [-0.25, -0.2) is 4.98 Å². The molecule has 0 spiro atoms. The maximum atomic E-state index is 4.35. The Kier molecular flexibility index (Phi) is 2.18. The first-order valence-corrected chi connectivity index (χ1v) is 6.26. The largest absolute Gasteiger partial charge is 0.219 e. The average molecular weight is 393 g/mol. The van der Waals surface area contributed by atoms with E-state index in [9.17, 15) is 0 Å². The normalized spacial score (nSPS) is 11.0. The molecular weight excluding hydrogens is 392 g/mol. The van der Waals surface area contributed by atoms with Gasteiger partial charge in [-0.2, -0.15) is 0 Å². The summed E-state index contributed by atoms with van der Waals surface area (Å²) in [7, 11) is 0. The minimum atomic E-state index is 1.13. The van der Waals surface area contributed by atoms with Crippen molar-refractivity contribution in [3.05, 3.63) is 12.0 Å². The molecule has 2 aromatic heterocycles. The number of thiazole rings is 1. The zero-order valence-electron chi connectivity index (χ0n) is 4.60. The van der Waals surface area contributed by atoms with Gasteiger partial charge in [0.1, 0.15) is 4.83 Å². The third-order valence-corrected chi connectivity index (χ3v) is 4.64. The molecule has 2 aromatic rings. The lowest BCUT2D eigenvalue weighted by Crippen LogP contribution is -1.58. The van der Waals surface area contributed by atoms with E-state index in [1.54, 1.807) is 22.7 Å². The van der Waals surface area contributed by atoms with E-state index in [2.05, 4.69) is 56.2 Å². The van der Waals surface area contributed by atoms with Crippen LogP contribution in [0.4, 0.5) is 0 Å². The number of nitrogens with zero attached hydrogens (tertiary/aromatic N) is 1. The number of fused-ring (bicyclic) bond motifs is 1. The molecule has 0 aliphatic heterocycles. The van der Waals surface area contributed by atoms with Gasteiger partial charge in [0.05, 0.1) is 7.58 Å². The molecule has 0 saturated carbocycles. The van der Waals surface area contributed by atoms with E-state index in [1.165, 1.54) is 12.4 Å². The smallest absolute Gasteiger partial charge is 0.156 e. The Labute approximate surface area is 93.1 Å². The van der Waals surface area contributed by atoms with E-state index in [1.807, 2.05) is 0 Å². The SMILES string of the molecule is Ic1cc2sc(I)nc2s1. The minimum Gasteiger partial charge on any atom is -0.219 e. The zero-order chi connectivity index (χ0) is 7.14. The quantitative estimate of drug-likeness (QED) is 0.624. The van der Waals surface area contributed by atoms with Gasteiger partial charge in [-0.15, -0.1) is 22.7 Å². The maximum absolute atomic E-state index is 4.35. The van der Waals surface area contributed by atoms with Crippen molar-refractivity contribution in [2.45, 2.75) is 0 Å². The van der Waals surface area contributed by atoms with Crippen LogP contribution in [0.3, 0.4) is 0 Å². The Hall–Kier alpha value is 1.05. The van der Waals surface area contributed by atoms with Gasteiger partial charge in [-0.3, -0.25) is 0 Å². The van der Waals surface area contributed by atoms with E-state index in [0.717, 1.165) is 3.01 Å². The molecule has 10 heavy (non-hydrogen) atoms. The van der Waals surface area contributed by atoms with Gasteiger partial charge in [-0.1, -0.05) is 0 Å². The van der Waals surface area contributed by atoms with Crippen LogP contribution in [0.25, 0.3) is 9.53 Å². The fourth-order valence-corrected chi connectivity index (χ4v) is 4.61. The molecule has 2 heterocycles. The number of hydrogen-bond donors (Lipinski definition) is 0. The van der Waals surface area contributed by atoms with E-state index in [0.29, 0.717) is 0 Å². The van der Waals surface area contributed by atoms with Crippen molar-refractivity contribution in [3.63, 3.8) is 0 Å². The second-order valence-corrected chi connectivity index (χ2v) is 7.40. The molecule has 0 saturated heterocycles. The fourth-order valence-electron chi connectivity index (χ4n) is 0.681. The Morgan fingerprint density at radius 2 is 2.10 bits per heavy atom. The summed E-state index contributed by atoms with van der Waals surface area (Å²) < 4.78 is 3.77. The summed E-state index contributed by atoms with van der Waals surface area (Å²) >= 11 is 8.09. The van der Waals surface area contributed by atoms with Gasteiger partial charge in [-0.05, 0) is 51.2 Å². The second kappa shape index (κ2) is 2.83. The molecule has 2 rings (SSSR count). The van der Waals surface area contributed by atoms with Crippen molar-refractivity contribution in [2.24, 2.45) is 0 Å². The summed E-state index contributed by atoms with van der Waals surface area (Å²) in [6.45, 7) is 0. The summed E-state index contributed by atoms with van der Waals surface area (Å²) in [5.41, 5.74) is 0. The summed E-state index contributed by atoms with van der Waals surface area (Å²) in [6.07, 6.45) is 0. The van der Waals surface area contributed by atoms with Crippen LogP contribution in [0.2, 0.25) is 0 Å². The molecule has 5 heteroatoms. The Balaban J connectivity index is 2.83. The zero-order valence-corrected chi connectivity index (χ0v) is 10.5. The van der Waals surface area contributed by atoms with E-state index < -0.39 is 0 Å². The average Bonchev–Trinajstić information content (AvgIpc) is 2.21. The van der Waals surface area contributed by atoms with Crippen molar-refractivity contribution in [1.82, 2.24) is 4.98 Å². The lowest BCUT2D eigenvalue weighted by atomic mass is 10.6. The Morgan fingerprint density at radius 1 is 1.30 bits per heavy atom. The number of aromatic nitrogens is 1. The standard InChI is InChI=1S/C5HI2NS2/c6-3-1-2-4(10-3)8-5(7)9-2/h1H. The molecule has 0 aliphatic rings. The molecule has 0 radical (unpaired) electrons. The van der Waals surface area contributed by atoms with Crippen LogP contribution in [0.5, 0.6) is 0 Å². The minimum absolute atomic E-state index is 1.13. The van der Waals surface area contributed by atoms with Crippen LogP contribution in [0.15, 0.2) is 6.07 Å². The van der Waals surface area contributed by atoms with Crippen molar-refractivity contribution in [3.8, 4) is 0 Å². The topological polar surface area (TPSA) is 12.9 Å². The maximum Gasteiger partial charge on any atom is 0.156 e. The summed E-state index contributed by atoms with van der Waals surface area (Å²) in [5, 5.41) is 0. The van der Waals surface area contributed by atoms with Gasteiger partial charge in [0.25, 0.3) is 0 Å². The Morgan fingerprint density at radius 3 is 2.80 bits per heavy atom. The molecule has 0 atom stereocenters. The number of rotatable bonds is 0. The highest BCUT2D eigenvalue weighted by molar-refractivity contribution is 14.1. The van der Waals surface area contributed by atoms with Gasteiger partial charge in [0, 0.05) is 0 Å². The number of hydrogen-bond acceptors (Lipinski definition) is 3. The highest BCUT2D eigenvalue weighted by Crippen LogP contribution is 2.31. The van der Waals surface area contributed by atoms with Crippen LogP contribution >= 0.6 is 67.9 Å². The van der Waals surface area contributed by atoms with Crippen LogP contribution in [-0.2, 0) is 0 Å². The van der Waals surface area contributed by atoms with Gasteiger partial charge >= 0.3 is 0 Å². The number of halogens is 2. The molecule has 0 unspecified atom stereocenters. The third-order valence-electron chi connectivity index (χ3n) is 1.03.